The highest BCUT2D eigenvalue weighted by atomic mass is 19.4. The van der Waals surface area contributed by atoms with E-state index in [1.165, 1.54) is 12.3 Å². The number of amides is 2. The van der Waals surface area contributed by atoms with Crippen molar-refractivity contribution in [2.24, 2.45) is 5.16 Å². The van der Waals surface area contributed by atoms with Gasteiger partial charge in [0.15, 0.2) is 6.61 Å². The fraction of sp³-hybridized carbons (Fsp3) is 0.188. The summed E-state index contributed by atoms with van der Waals surface area (Å²) in [6, 6.07) is 7.48. The van der Waals surface area contributed by atoms with Crippen LogP contribution in [-0.2, 0) is 27.1 Å². The largest absolute Gasteiger partial charge is 0.467 e. The van der Waals surface area contributed by atoms with Gasteiger partial charge in [0.2, 0.25) is 0 Å². The molecule has 1 aromatic heterocycles. The van der Waals surface area contributed by atoms with Crippen molar-refractivity contribution >= 4 is 23.7 Å². The molecule has 0 saturated carbocycles. The molecule has 0 radical (unpaired) electrons. The first kappa shape index (κ1) is 19.0. The molecule has 0 bridgehead atoms. The Bertz CT molecular complexity index is 773. The SMILES string of the molecule is O=C(/C=N/OCC(=O)NCc1ccco1)Nc1cccc(C(F)(F)F)c1. The van der Waals surface area contributed by atoms with E-state index in [4.69, 9.17) is 4.42 Å². The molecule has 1 heterocycles. The maximum Gasteiger partial charge on any atom is 0.416 e. The molecular weight excluding hydrogens is 355 g/mol. The molecule has 0 unspecified atom stereocenters. The molecule has 1 aromatic carbocycles. The van der Waals surface area contributed by atoms with E-state index in [0.717, 1.165) is 18.2 Å². The van der Waals surface area contributed by atoms with Crippen molar-refractivity contribution < 1.29 is 32.0 Å². The molecular formula is C16H14F3N3O4. The van der Waals surface area contributed by atoms with Crippen LogP contribution in [-0.4, -0.2) is 24.6 Å². The zero-order chi connectivity index (χ0) is 19.0. The number of benzene rings is 1. The number of nitrogens with one attached hydrogen (secondary N) is 2. The number of alkyl halides is 3. The number of nitrogens with zero attached hydrogens (tertiary/aromatic N) is 1. The summed E-state index contributed by atoms with van der Waals surface area (Å²) < 4.78 is 42.8. The van der Waals surface area contributed by atoms with E-state index in [2.05, 4.69) is 20.6 Å². The van der Waals surface area contributed by atoms with Gasteiger partial charge in [0.05, 0.1) is 18.4 Å². The Balaban J connectivity index is 1.73. The quantitative estimate of drug-likeness (QED) is 0.579. The highest BCUT2D eigenvalue weighted by Gasteiger charge is 2.30. The summed E-state index contributed by atoms with van der Waals surface area (Å²) >= 11 is 0. The Morgan fingerprint density at radius 1 is 1.23 bits per heavy atom. The van der Waals surface area contributed by atoms with Crippen LogP contribution in [0, 0.1) is 0 Å². The van der Waals surface area contributed by atoms with Crippen LogP contribution < -0.4 is 10.6 Å². The van der Waals surface area contributed by atoms with Crippen molar-refractivity contribution in [2.75, 3.05) is 11.9 Å². The van der Waals surface area contributed by atoms with Gasteiger partial charge in [-0.2, -0.15) is 13.2 Å². The molecule has 2 amide bonds. The Hall–Kier alpha value is -3.30. The molecule has 26 heavy (non-hydrogen) atoms. The first-order valence-corrected chi connectivity index (χ1v) is 7.27. The van der Waals surface area contributed by atoms with Crippen molar-refractivity contribution in [1.82, 2.24) is 5.32 Å². The second-order valence-electron chi connectivity index (χ2n) is 4.93. The van der Waals surface area contributed by atoms with Crippen LogP contribution in [0.2, 0.25) is 0 Å². The van der Waals surface area contributed by atoms with Gasteiger partial charge in [-0.05, 0) is 30.3 Å². The fourth-order valence-electron chi connectivity index (χ4n) is 1.78. The van der Waals surface area contributed by atoms with Gasteiger partial charge in [-0.1, -0.05) is 11.2 Å². The molecule has 0 atom stereocenters. The van der Waals surface area contributed by atoms with E-state index < -0.39 is 30.2 Å². The molecule has 2 aromatic rings. The normalized spacial score (nSPS) is 11.3. The lowest BCUT2D eigenvalue weighted by molar-refractivity contribution is -0.137. The van der Waals surface area contributed by atoms with Crippen molar-refractivity contribution in [1.29, 1.82) is 0 Å². The fourth-order valence-corrected chi connectivity index (χ4v) is 1.78. The van der Waals surface area contributed by atoms with Gasteiger partial charge in [0.25, 0.3) is 11.8 Å². The Morgan fingerprint density at radius 2 is 2.04 bits per heavy atom. The number of hydrogen-bond donors (Lipinski definition) is 2. The average Bonchev–Trinajstić information content (AvgIpc) is 3.10. The molecule has 0 saturated heterocycles. The third kappa shape index (κ3) is 6.30. The van der Waals surface area contributed by atoms with Gasteiger partial charge in [-0.25, -0.2) is 0 Å². The zero-order valence-electron chi connectivity index (χ0n) is 13.2. The lowest BCUT2D eigenvalue weighted by Gasteiger charge is -2.08. The monoisotopic (exact) mass is 369 g/mol. The summed E-state index contributed by atoms with van der Waals surface area (Å²) in [7, 11) is 0. The lowest BCUT2D eigenvalue weighted by Crippen LogP contribution is -2.26. The summed E-state index contributed by atoms with van der Waals surface area (Å²) in [6.45, 7) is -0.261. The van der Waals surface area contributed by atoms with Gasteiger partial charge in [-0.3, -0.25) is 9.59 Å². The first-order chi connectivity index (χ1) is 12.3. The van der Waals surface area contributed by atoms with Crippen LogP contribution in [0.5, 0.6) is 0 Å². The molecule has 10 heteroatoms. The van der Waals surface area contributed by atoms with Crippen LogP contribution in [0.3, 0.4) is 0 Å². The number of rotatable bonds is 7. The summed E-state index contributed by atoms with van der Waals surface area (Å²) in [4.78, 5) is 27.6. The second kappa shape index (κ2) is 8.70. The number of halogens is 3. The smallest absolute Gasteiger partial charge is 0.416 e. The van der Waals surface area contributed by atoms with Crippen LogP contribution in [0.4, 0.5) is 18.9 Å². The Morgan fingerprint density at radius 3 is 2.73 bits per heavy atom. The summed E-state index contributed by atoms with van der Waals surface area (Å²) in [5.41, 5.74) is -0.941. The van der Waals surface area contributed by atoms with Gasteiger partial charge >= 0.3 is 6.18 Å². The van der Waals surface area contributed by atoms with E-state index in [1.54, 1.807) is 12.1 Å². The first-order valence-electron chi connectivity index (χ1n) is 7.27. The maximum atomic E-state index is 12.6. The number of hydrogen-bond acceptors (Lipinski definition) is 5. The van der Waals surface area contributed by atoms with Crippen molar-refractivity contribution in [2.45, 2.75) is 12.7 Å². The maximum absolute atomic E-state index is 12.6. The van der Waals surface area contributed by atoms with Crippen molar-refractivity contribution in [3.8, 4) is 0 Å². The molecule has 138 valence electrons. The lowest BCUT2D eigenvalue weighted by atomic mass is 10.2. The predicted octanol–water partition coefficient (Wildman–Crippen LogP) is 2.56. The molecule has 7 nitrogen and oxygen atoms in total. The van der Waals surface area contributed by atoms with Crippen LogP contribution in [0.1, 0.15) is 11.3 Å². The van der Waals surface area contributed by atoms with Crippen LogP contribution in [0.25, 0.3) is 0 Å². The highest BCUT2D eigenvalue weighted by Crippen LogP contribution is 2.30. The Kier molecular flexibility index (Phi) is 6.36. The van der Waals surface area contributed by atoms with Crippen LogP contribution >= 0.6 is 0 Å². The minimum absolute atomic E-state index is 0.0486. The molecule has 0 fully saturated rings. The second-order valence-corrected chi connectivity index (χ2v) is 4.93. The number of anilines is 1. The molecule has 0 aliphatic rings. The van der Waals surface area contributed by atoms with E-state index in [9.17, 15) is 22.8 Å². The minimum atomic E-state index is -4.51. The van der Waals surface area contributed by atoms with Gasteiger partial charge in [0.1, 0.15) is 12.0 Å². The average molecular weight is 369 g/mol. The topological polar surface area (TPSA) is 92.9 Å². The van der Waals surface area contributed by atoms with Gasteiger partial charge in [-0.15, -0.1) is 0 Å². The van der Waals surface area contributed by atoms with Crippen LogP contribution in [0.15, 0.2) is 52.2 Å². The number of furan rings is 1. The summed E-state index contributed by atoms with van der Waals surface area (Å²) in [5, 5.41) is 7.98. The standard InChI is InChI=1S/C16H14F3N3O4/c17-16(18,19)11-3-1-4-12(7-11)22-14(23)9-21-26-10-15(24)20-8-13-5-2-6-25-13/h1-7,9H,8,10H2,(H,20,24)(H,22,23)/b21-9+. The van der Waals surface area contributed by atoms with Crippen molar-refractivity contribution in [3.05, 3.63) is 54.0 Å². The summed E-state index contributed by atoms with van der Waals surface area (Å²) in [5.74, 6) is -0.737. The highest BCUT2D eigenvalue weighted by molar-refractivity contribution is 6.31. The molecule has 2 rings (SSSR count). The predicted molar refractivity (Wildman–Crippen MR) is 85.1 cm³/mol. The Labute approximate surface area is 145 Å². The number of carbonyl (C=O) groups excluding carboxylic acids is 2. The van der Waals surface area contributed by atoms with E-state index >= 15 is 0 Å². The molecule has 2 N–H and O–H groups in total. The molecule has 0 aliphatic heterocycles. The number of carbonyl (C=O) groups is 2. The molecule has 0 spiro atoms. The van der Waals surface area contributed by atoms with Crippen molar-refractivity contribution in [3.63, 3.8) is 0 Å². The minimum Gasteiger partial charge on any atom is -0.467 e. The van der Waals surface area contributed by atoms with E-state index in [0.29, 0.717) is 12.0 Å². The third-order valence-electron chi connectivity index (χ3n) is 2.94. The summed E-state index contributed by atoms with van der Waals surface area (Å²) in [6.07, 6.45) is -2.34. The van der Waals surface area contributed by atoms with E-state index in [1.807, 2.05) is 0 Å². The van der Waals surface area contributed by atoms with Gasteiger partial charge in [0, 0.05) is 5.69 Å². The van der Waals surface area contributed by atoms with Gasteiger partial charge < -0.3 is 19.9 Å². The third-order valence-corrected chi connectivity index (χ3v) is 2.94. The van der Waals surface area contributed by atoms with E-state index in [-0.39, 0.29) is 12.2 Å². The molecule has 0 aliphatic carbocycles. The number of oxime groups is 1. The zero-order valence-corrected chi connectivity index (χ0v) is 13.2.